The van der Waals surface area contributed by atoms with Crippen LogP contribution in [0.3, 0.4) is 0 Å². The first-order valence-electron chi connectivity index (χ1n) is 13.4. The second-order valence-corrected chi connectivity index (χ2v) is 9.63. The van der Waals surface area contributed by atoms with Crippen molar-refractivity contribution >= 4 is 57.2 Å². The number of nitrogens with one attached hydrogen (secondary N) is 3. The Labute approximate surface area is 245 Å². The van der Waals surface area contributed by atoms with Crippen LogP contribution in [0.15, 0.2) is 79.7 Å². The first-order valence-corrected chi connectivity index (χ1v) is 13.4. The Balaban J connectivity index is 1.60. The van der Waals surface area contributed by atoms with E-state index in [1.165, 1.54) is 12.2 Å². The van der Waals surface area contributed by atoms with Crippen LogP contribution in [0, 0.1) is 0 Å². The third-order valence-electron chi connectivity index (χ3n) is 6.69. The Morgan fingerprint density at radius 1 is 1.07 bits per heavy atom. The van der Waals surface area contributed by atoms with Gasteiger partial charge in [-0.25, -0.2) is 4.98 Å². The normalized spacial score (nSPS) is 10.9. The van der Waals surface area contributed by atoms with Crippen molar-refractivity contribution in [2.45, 2.75) is 6.92 Å². The van der Waals surface area contributed by atoms with Gasteiger partial charge in [-0.1, -0.05) is 30.9 Å². The molecular formula is C31H36N8O3. The predicted octanol–water partition coefficient (Wildman–Crippen LogP) is 5.06. The van der Waals surface area contributed by atoms with E-state index in [0.717, 1.165) is 16.6 Å². The zero-order chi connectivity index (χ0) is 30.2. The minimum atomic E-state index is -0.362. The number of methoxy groups -OCH3 is 1. The SMILES string of the molecule is C=CC(=O)Nc1cc(Nc2nccc(Nc3cn(C)c4ccccc34)n2)c(OC)cc1N(C)CCN(C)C(=O)/C=C/C. The summed E-state index contributed by atoms with van der Waals surface area (Å²) >= 11 is 0. The Hall–Kier alpha value is -5.32. The minimum Gasteiger partial charge on any atom is -0.494 e. The van der Waals surface area contributed by atoms with Gasteiger partial charge in [0.25, 0.3) is 0 Å². The van der Waals surface area contributed by atoms with Crippen molar-refractivity contribution < 1.29 is 14.3 Å². The average molecular weight is 569 g/mol. The van der Waals surface area contributed by atoms with E-state index in [2.05, 4.69) is 49.2 Å². The molecule has 4 aromatic rings. The van der Waals surface area contributed by atoms with E-state index in [0.29, 0.717) is 47.7 Å². The van der Waals surface area contributed by atoms with Crippen LogP contribution in [0.4, 0.5) is 34.5 Å². The van der Waals surface area contributed by atoms with Gasteiger partial charge in [-0.3, -0.25) is 9.59 Å². The van der Waals surface area contributed by atoms with Crippen molar-refractivity contribution in [3.8, 4) is 5.75 Å². The Morgan fingerprint density at radius 2 is 1.86 bits per heavy atom. The van der Waals surface area contributed by atoms with Crippen LogP contribution in [-0.2, 0) is 16.6 Å². The number of aromatic nitrogens is 3. The van der Waals surface area contributed by atoms with Crippen molar-refractivity contribution in [3.63, 3.8) is 0 Å². The van der Waals surface area contributed by atoms with E-state index in [1.54, 1.807) is 50.4 Å². The molecule has 0 aliphatic rings. The lowest BCUT2D eigenvalue weighted by Gasteiger charge is -2.26. The van der Waals surface area contributed by atoms with Gasteiger partial charge in [-0.05, 0) is 37.3 Å². The summed E-state index contributed by atoms with van der Waals surface area (Å²) in [5.74, 6) is 1.02. The number of amides is 2. The van der Waals surface area contributed by atoms with Gasteiger partial charge in [0.2, 0.25) is 17.8 Å². The topological polar surface area (TPSA) is 117 Å². The molecule has 0 spiro atoms. The molecule has 2 aromatic carbocycles. The number of ether oxygens (including phenoxy) is 1. The molecule has 0 bridgehead atoms. The average Bonchev–Trinajstić information content (AvgIpc) is 3.30. The predicted molar refractivity (Wildman–Crippen MR) is 169 cm³/mol. The van der Waals surface area contributed by atoms with Crippen LogP contribution in [0.2, 0.25) is 0 Å². The fourth-order valence-electron chi connectivity index (χ4n) is 4.42. The number of benzene rings is 2. The van der Waals surface area contributed by atoms with Gasteiger partial charge >= 0.3 is 0 Å². The Morgan fingerprint density at radius 3 is 2.60 bits per heavy atom. The zero-order valence-electron chi connectivity index (χ0n) is 24.5. The third-order valence-corrected chi connectivity index (χ3v) is 6.69. The summed E-state index contributed by atoms with van der Waals surface area (Å²) in [7, 11) is 7.19. The monoisotopic (exact) mass is 568 g/mol. The van der Waals surface area contributed by atoms with Crippen molar-refractivity contribution in [2.24, 2.45) is 7.05 Å². The number of hydrogen-bond donors (Lipinski definition) is 3. The van der Waals surface area contributed by atoms with Gasteiger partial charge < -0.3 is 35.1 Å². The molecule has 11 heteroatoms. The quantitative estimate of drug-likeness (QED) is 0.203. The number of carbonyl (C=O) groups is 2. The molecule has 2 heterocycles. The molecule has 2 aromatic heterocycles. The Bertz CT molecular complexity index is 1630. The molecule has 0 fully saturated rings. The number of aryl methyl sites for hydroxylation is 1. The molecule has 11 nitrogen and oxygen atoms in total. The minimum absolute atomic E-state index is 0.0830. The number of fused-ring (bicyclic) bond motifs is 1. The molecule has 3 N–H and O–H groups in total. The van der Waals surface area contributed by atoms with Gasteiger partial charge in [0.15, 0.2) is 0 Å². The molecule has 2 amide bonds. The van der Waals surface area contributed by atoms with Gasteiger partial charge in [-0.15, -0.1) is 0 Å². The highest BCUT2D eigenvalue weighted by molar-refractivity contribution is 6.02. The summed E-state index contributed by atoms with van der Waals surface area (Å²) in [6.07, 6.45) is 8.11. The highest BCUT2D eigenvalue weighted by Crippen LogP contribution is 2.38. The highest BCUT2D eigenvalue weighted by Gasteiger charge is 2.17. The molecule has 0 aliphatic carbocycles. The van der Waals surface area contributed by atoms with E-state index in [9.17, 15) is 9.59 Å². The third kappa shape index (κ3) is 6.87. The van der Waals surface area contributed by atoms with E-state index >= 15 is 0 Å². The van der Waals surface area contributed by atoms with Gasteiger partial charge in [-0.2, -0.15) is 4.98 Å². The summed E-state index contributed by atoms with van der Waals surface area (Å²) in [6.45, 7) is 6.36. The first kappa shape index (κ1) is 29.7. The number of allylic oxidation sites excluding steroid dienone is 1. The molecule has 0 unspecified atom stereocenters. The second-order valence-electron chi connectivity index (χ2n) is 9.63. The fourth-order valence-corrected chi connectivity index (χ4v) is 4.42. The van der Waals surface area contributed by atoms with Gasteiger partial charge in [0, 0.05) is 63.6 Å². The zero-order valence-corrected chi connectivity index (χ0v) is 24.5. The molecule has 0 saturated carbocycles. The molecular weight excluding hydrogens is 532 g/mol. The van der Waals surface area contributed by atoms with E-state index in [4.69, 9.17) is 4.74 Å². The van der Waals surface area contributed by atoms with E-state index in [1.807, 2.05) is 43.4 Å². The lowest BCUT2D eigenvalue weighted by atomic mass is 10.2. The first-order chi connectivity index (χ1) is 20.2. The number of nitrogens with zero attached hydrogens (tertiary/aromatic N) is 5. The maximum absolute atomic E-state index is 12.3. The lowest BCUT2D eigenvalue weighted by Crippen LogP contribution is -2.34. The highest BCUT2D eigenvalue weighted by atomic mass is 16.5. The number of carbonyl (C=O) groups excluding carboxylic acids is 2. The van der Waals surface area contributed by atoms with Crippen LogP contribution in [0.5, 0.6) is 5.75 Å². The number of anilines is 6. The van der Waals surface area contributed by atoms with E-state index in [-0.39, 0.29) is 11.8 Å². The number of rotatable bonds is 12. The number of para-hydroxylation sites is 1. The molecule has 42 heavy (non-hydrogen) atoms. The summed E-state index contributed by atoms with van der Waals surface area (Å²) in [5.41, 5.74) is 3.81. The van der Waals surface area contributed by atoms with Crippen LogP contribution < -0.4 is 25.6 Å². The molecule has 4 rings (SSSR count). The van der Waals surface area contributed by atoms with Crippen LogP contribution in [-0.4, -0.2) is 65.5 Å². The summed E-state index contributed by atoms with van der Waals surface area (Å²) < 4.78 is 7.75. The maximum Gasteiger partial charge on any atom is 0.247 e. The lowest BCUT2D eigenvalue weighted by molar-refractivity contribution is -0.124. The summed E-state index contributed by atoms with van der Waals surface area (Å²) in [4.78, 5) is 37.1. The van der Waals surface area contributed by atoms with Crippen molar-refractivity contribution in [1.82, 2.24) is 19.4 Å². The smallest absolute Gasteiger partial charge is 0.247 e. The Kier molecular flexibility index (Phi) is 9.43. The molecule has 0 atom stereocenters. The summed E-state index contributed by atoms with van der Waals surface area (Å²) in [6, 6.07) is 13.5. The van der Waals surface area contributed by atoms with Gasteiger partial charge in [0.1, 0.15) is 11.6 Å². The fraction of sp³-hybridized carbons (Fsp3) is 0.226. The van der Waals surface area contributed by atoms with Crippen molar-refractivity contribution in [2.75, 3.05) is 55.1 Å². The largest absolute Gasteiger partial charge is 0.494 e. The van der Waals surface area contributed by atoms with Crippen LogP contribution >= 0.6 is 0 Å². The summed E-state index contributed by atoms with van der Waals surface area (Å²) in [5, 5.41) is 10.6. The second kappa shape index (κ2) is 13.4. The molecule has 0 saturated heterocycles. The molecule has 0 radical (unpaired) electrons. The van der Waals surface area contributed by atoms with Crippen molar-refractivity contribution in [3.05, 3.63) is 79.7 Å². The van der Waals surface area contributed by atoms with Crippen molar-refractivity contribution in [1.29, 1.82) is 0 Å². The number of hydrogen-bond acceptors (Lipinski definition) is 8. The molecule has 0 aliphatic heterocycles. The standard InChI is InChI=1S/C31H36N8O3/c1-7-11-30(41)38(4)17-16-37(3)26-19-27(42-6)23(18-22(26)34-29(40)8-2)35-31-32-15-14-28(36-31)33-24-20-39(5)25-13-10-9-12-21(24)25/h7-15,18-20H,2,16-17H2,1,3-6H3,(H,34,40)(H2,32,33,35,36)/b11-7+. The van der Waals surface area contributed by atoms with E-state index < -0.39 is 0 Å². The van der Waals surface area contributed by atoms with Crippen LogP contribution in [0.1, 0.15) is 6.92 Å². The molecule has 218 valence electrons. The number of likely N-dealkylation sites (N-methyl/N-ethyl adjacent to an activating group) is 2. The van der Waals surface area contributed by atoms with Gasteiger partial charge in [0.05, 0.1) is 29.9 Å². The van der Waals surface area contributed by atoms with Crippen LogP contribution in [0.25, 0.3) is 10.9 Å². The maximum atomic E-state index is 12.3.